The van der Waals surface area contributed by atoms with Crippen molar-refractivity contribution in [2.45, 2.75) is 42.8 Å². The van der Waals surface area contributed by atoms with Crippen LogP contribution in [0.3, 0.4) is 0 Å². The monoisotopic (exact) mass is 588 g/mol. The number of Topliss-reactive ketones (excluding diaryl/α,β-unsaturated/α-hetero) is 1. The molecular weight excluding hydrogens is 561 g/mol. The minimum absolute atomic E-state index is 0.0616. The molecule has 1 aliphatic carbocycles. The van der Waals surface area contributed by atoms with Crippen molar-refractivity contribution in [2.75, 3.05) is 30.8 Å². The number of nitriles is 1. The Kier molecular flexibility index (Phi) is 7.35. The standard InChI is InChI=1S/C28H27F3N4O5S/c1-41(39,40)23-13-17(15-32)9-10-20(23)26-25-21(7-3-8-22(25)36)35(19-6-2-5-18(14-19)28(29,30)31)27(38)34(26)16-24(37)33-11-4-12-33/h2,5-6,9-10,13-14,26,39-40H,3-4,7-8,11-12,16H2,1H3. The average Bonchev–Trinajstić information content (AvgIpc) is 2.87. The van der Waals surface area contributed by atoms with Crippen LogP contribution < -0.4 is 4.90 Å². The summed E-state index contributed by atoms with van der Waals surface area (Å²) in [5.41, 5.74) is -0.516. The third-order valence-electron chi connectivity index (χ3n) is 7.52. The molecule has 0 spiro atoms. The number of hydrogen-bond acceptors (Lipinski definition) is 6. The number of anilines is 1. The van der Waals surface area contributed by atoms with Crippen molar-refractivity contribution >= 4 is 34.0 Å². The SMILES string of the molecule is CS(O)(O)c1cc(C#N)ccc1C1C2=C(CCCC2=O)N(c2cccc(C(F)(F)F)c2)C(=O)N1CC(=O)N1CCC1. The molecule has 0 aromatic heterocycles. The first kappa shape index (κ1) is 28.7. The smallest absolute Gasteiger partial charge is 0.341 e. The van der Waals surface area contributed by atoms with Crippen molar-refractivity contribution in [3.05, 3.63) is 70.4 Å². The molecule has 13 heteroatoms. The molecule has 41 heavy (non-hydrogen) atoms. The Hall–Kier alpha value is -3.86. The maximum absolute atomic E-state index is 14.3. The highest BCUT2D eigenvalue weighted by molar-refractivity contribution is 8.23. The van der Waals surface area contributed by atoms with Crippen molar-refractivity contribution in [1.29, 1.82) is 5.26 Å². The van der Waals surface area contributed by atoms with Crippen LogP contribution in [0, 0.1) is 11.3 Å². The van der Waals surface area contributed by atoms with Crippen LogP contribution in [-0.4, -0.2) is 62.5 Å². The van der Waals surface area contributed by atoms with Crippen LogP contribution in [-0.2, 0) is 15.8 Å². The number of urea groups is 1. The Morgan fingerprint density at radius 3 is 2.44 bits per heavy atom. The maximum Gasteiger partial charge on any atom is 0.416 e. The number of carbonyl (C=O) groups is 3. The lowest BCUT2D eigenvalue weighted by Gasteiger charge is -2.47. The Balaban J connectivity index is 1.76. The second-order valence-corrected chi connectivity index (χ2v) is 12.4. The van der Waals surface area contributed by atoms with Gasteiger partial charge in [0.05, 0.1) is 33.8 Å². The quantitative estimate of drug-likeness (QED) is 0.473. The van der Waals surface area contributed by atoms with Crippen LogP contribution in [0.2, 0.25) is 0 Å². The Bertz CT molecular complexity index is 1510. The van der Waals surface area contributed by atoms with Gasteiger partial charge in [-0.25, -0.2) is 4.79 Å². The zero-order valence-corrected chi connectivity index (χ0v) is 22.8. The van der Waals surface area contributed by atoms with E-state index in [2.05, 4.69) is 0 Å². The highest BCUT2D eigenvalue weighted by Gasteiger charge is 2.47. The molecule has 1 unspecified atom stereocenters. The first-order valence-electron chi connectivity index (χ1n) is 12.9. The van der Waals surface area contributed by atoms with E-state index < -0.39 is 46.9 Å². The first-order chi connectivity index (χ1) is 19.3. The molecule has 1 fully saturated rings. The number of amides is 3. The molecule has 2 N–H and O–H groups in total. The number of carbonyl (C=O) groups excluding carboxylic acids is 3. The molecule has 9 nitrogen and oxygen atoms in total. The van der Waals surface area contributed by atoms with Crippen molar-refractivity contribution in [3.63, 3.8) is 0 Å². The molecule has 0 bridgehead atoms. The number of hydrogen-bond donors (Lipinski definition) is 2. The number of alkyl halides is 3. The number of likely N-dealkylation sites (tertiary alicyclic amines) is 1. The van der Waals surface area contributed by atoms with Gasteiger partial charge >= 0.3 is 12.2 Å². The normalized spacial score (nSPS) is 20.0. The molecule has 1 saturated heterocycles. The predicted octanol–water partition coefficient (Wildman–Crippen LogP) is 5.54. The van der Waals surface area contributed by atoms with Crippen molar-refractivity contribution in [2.24, 2.45) is 0 Å². The molecule has 0 radical (unpaired) electrons. The van der Waals surface area contributed by atoms with E-state index in [0.717, 1.165) is 34.6 Å². The molecule has 2 aromatic rings. The van der Waals surface area contributed by atoms with Gasteiger partial charge in [0.1, 0.15) is 6.54 Å². The predicted molar refractivity (Wildman–Crippen MR) is 144 cm³/mol. The van der Waals surface area contributed by atoms with E-state index in [1.54, 1.807) is 0 Å². The van der Waals surface area contributed by atoms with Gasteiger partial charge in [-0.1, -0.05) is 12.1 Å². The maximum atomic E-state index is 14.3. The fourth-order valence-corrected chi connectivity index (χ4v) is 6.42. The van der Waals surface area contributed by atoms with Gasteiger partial charge in [0.2, 0.25) is 5.91 Å². The van der Waals surface area contributed by atoms with Gasteiger partial charge in [-0.05, 0) is 49.6 Å². The fourth-order valence-electron chi connectivity index (χ4n) is 5.45. The highest BCUT2D eigenvalue weighted by Crippen LogP contribution is 2.52. The van der Waals surface area contributed by atoms with E-state index in [0.29, 0.717) is 19.5 Å². The van der Waals surface area contributed by atoms with Gasteiger partial charge in [0.25, 0.3) is 0 Å². The van der Waals surface area contributed by atoms with E-state index in [1.165, 1.54) is 35.2 Å². The number of halogens is 3. The number of allylic oxidation sites excluding steroid dienone is 1. The molecule has 216 valence electrons. The lowest BCUT2D eigenvalue weighted by Crippen LogP contribution is -2.56. The molecule has 3 aliphatic rings. The van der Waals surface area contributed by atoms with E-state index >= 15 is 0 Å². The van der Waals surface area contributed by atoms with E-state index in [1.807, 2.05) is 6.07 Å². The van der Waals surface area contributed by atoms with Crippen LogP contribution in [0.15, 0.2) is 58.6 Å². The molecule has 1 atom stereocenters. The third-order valence-corrected chi connectivity index (χ3v) is 8.71. The van der Waals surface area contributed by atoms with Crippen LogP contribution in [0.1, 0.15) is 48.4 Å². The zero-order chi connectivity index (χ0) is 29.7. The van der Waals surface area contributed by atoms with Crippen LogP contribution in [0.4, 0.5) is 23.7 Å². The largest absolute Gasteiger partial charge is 0.416 e. The van der Waals surface area contributed by atoms with E-state index in [-0.39, 0.29) is 51.6 Å². The minimum Gasteiger partial charge on any atom is -0.341 e. The number of nitrogens with zero attached hydrogens (tertiary/aromatic N) is 4. The molecular formula is C28H27F3N4O5S. The first-order valence-corrected chi connectivity index (χ1v) is 14.9. The average molecular weight is 589 g/mol. The lowest BCUT2D eigenvalue weighted by atomic mass is 9.83. The summed E-state index contributed by atoms with van der Waals surface area (Å²) in [5.74, 6) is -0.783. The van der Waals surface area contributed by atoms with Crippen LogP contribution in [0.25, 0.3) is 0 Å². The summed E-state index contributed by atoms with van der Waals surface area (Å²) in [5, 5.41) is 9.44. The van der Waals surface area contributed by atoms with Gasteiger partial charge < -0.3 is 9.80 Å². The van der Waals surface area contributed by atoms with Crippen molar-refractivity contribution in [1.82, 2.24) is 9.80 Å². The highest BCUT2D eigenvalue weighted by atomic mass is 32.3. The molecule has 2 aromatic carbocycles. The third kappa shape index (κ3) is 5.30. The lowest BCUT2D eigenvalue weighted by molar-refractivity contribution is -0.137. The summed E-state index contributed by atoms with van der Waals surface area (Å²) < 4.78 is 62.3. The number of benzene rings is 2. The molecule has 0 saturated carbocycles. The summed E-state index contributed by atoms with van der Waals surface area (Å²) in [4.78, 5) is 44.7. The Morgan fingerprint density at radius 1 is 1.10 bits per heavy atom. The van der Waals surface area contributed by atoms with E-state index in [9.17, 15) is 41.9 Å². The molecule has 2 aliphatic heterocycles. The Morgan fingerprint density at radius 2 is 1.83 bits per heavy atom. The van der Waals surface area contributed by atoms with Gasteiger partial charge in [0, 0.05) is 42.6 Å². The van der Waals surface area contributed by atoms with Crippen LogP contribution >= 0.6 is 10.6 Å². The van der Waals surface area contributed by atoms with Crippen molar-refractivity contribution < 1.29 is 36.7 Å². The summed E-state index contributed by atoms with van der Waals surface area (Å²) in [7, 11) is -3.49. The van der Waals surface area contributed by atoms with Crippen LogP contribution in [0.5, 0.6) is 0 Å². The van der Waals surface area contributed by atoms with Gasteiger partial charge in [-0.3, -0.25) is 23.6 Å². The summed E-state index contributed by atoms with van der Waals surface area (Å²) >= 11 is 0. The summed E-state index contributed by atoms with van der Waals surface area (Å²) in [6.45, 7) is 0.464. The number of rotatable bonds is 5. The zero-order valence-electron chi connectivity index (χ0n) is 22.0. The molecule has 3 amide bonds. The number of ketones is 1. The van der Waals surface area contributed by atoms with Gasteiger partial charge in [-0.15, -0.1) is 0 Å². The van der Waals surface area contributed by atoms with Crippen molar-refractivity contribution in [3.8, 4) is 6.07 Å². The Labute approximate surface area is 235 Å². The fraction of sp³-hybridized carbons (Fsp3) is 0.357. The van der Waals surface area contributed by atoms with E-state index in [4.69, 9.17) is 0 Å². The summed E-state index contributed by atoms with van der Waals surface area (Å²) in [6, 6.07) is 8.21. The second-order valence-electron chi connectivity index (χ2n) is 10.3. The molecule has 2 heterocycles. The second kappa shape index (κ2) is 10.5. The minimum atomic E-state index is -4.68. The van der Waals surface area contributed by atoms with Gasteiger partial charge in [-0.2, -0.15) is 29.0 Å². The topological polar surface area (TPSA) is 125 Å². The summed E-state index contributed by atoms with van der Waals surface area (Å²) in [6.07, 6.45) is -2.10. The molecule has 5 rings (SSSR count). The van der Waals surface area contributed by atoms with Gasteiger partial charge in [0.15, 0.2) is 5.78 Å².